The number of thioether (sulfide) groups is 1. The summed E-state index contributed by atoms with van der Waals surface area (Å²) in [7, 11) is 1.61. The highest BCUT2D eigenvalue weighted by atomic mass is 35.5. The standard InChI is InChI=1S/C27H22ClFN4O3S/c1-36-21-11-7-17(8-12-21)23-14-22(16-5-9-18(28)10-6-16)32-33(23)27-31-26(35)24(37-27)15-25(34)30-20-4-2-3-19(29)13-20/h2-13,23-24H,14-15H2,1H3,(H,30,34)/t23-,24-/m0/s1. The van der Waals surface area contributed by atoms with Crippen molar-refractivity contribution in [2.24, 2.45) is 10.1 Å². The molecule has 0 aromatic heterocycles. The summed E-state index contributed by atoms with van der Waals surface area (Å²) >= 11 is 7.27. The lowest BCUT2D eigenvalue weighted by molar-refractivity contribution is -0.121. The average Bonchev–Trinajstić information content (AvgIpc) is 3.48. The molecule has 188 valence electrons. The quantitative estimate of drug-likeness (QED) is 0.439. The first-order chi connectivity index (χ1) is 17.9. The Balaban J connectivity index is 1.35. The molecule has 0 saturated carbocycles. The van der Waals surface area contributed by atoms with Crippen molar-refractivity contribution >= 4 is 51.7 Å². The first kappa shape index (κ1) is 25.0. The molecule has 2 heterocycles. The molecular formula is C27H22ClFN4O3S. The molecule has 1 N–H and O–H groups in total. The molecular weight excluding hydrogens is 515 g/mol. The number of methoxy groups -OCH3 is 1. The molecule has 2 amide bonds. The van der Waals surface area contributed by atoms with Crippen LogP contribution < -0.4 is 10.1 Å². The fraction of sp³-hybridized carbons (Fsp3) is 0.185. The molecule has 37 heavy (non-hydrogen) atoms. The molecule has 7 nitrogen and oxygen atoms in total. The minimum atomic E-state index is -0.699. The van der Waals surface area contributed by atoms with Crippen LogP contribution in [0.2, 0.25) is 5.02 Å². The van der Waals surface area contributed by atoms with E-state index in [4.69, 9.17) is 21.4 Å². The number of nitrogens with zero attached hydrogens (tertiary/aromatic N) is 3. The molecule has 0 saturated heterocycles. The molecule has 0 fully saturated rings. The van der Waals surface area contributed by atoms with Gasteiger partial charge in [-0.1, -0.05) is 53.7 Å². The summed E-state index contributed by atoms with van der Waals surface area (Å²) in [6, 6.07) is 20.5. The molecule has 0 bridgehead atoms. The topological polar surface area (TPSA) is 83.4 Å². The van der Waals surface area contributed by atoms with Gasteiger partial charge in [-0.2, -0.15) is 10.1 Å². The number of benzene rings is 3. The van der Waals surface area contributed by atoms with Crippen molar-refractivity contribution < 1.29 is 18.7 Å². The Bertz CT molecular complexity index is 1400. The second-order valence-electron chi connectivity index (χ2n) is 8.49. The van der Waals surface area contributed by atoms with Crippen LogP contribution in [0, 0.1) is 5.82 Å². The van der Waals surface area contributed by atoms with Gasteiger partial charge in [0.25, 0.3) is 5.91 Å². The number of aliphatic imine (C=N–C) groups is 1. The van der Waals surface area contributed by atoms with Crippen molar-refractivity contribution in [1.29, 1.82) is 0 Å². The maximum Gasteiger partial charge on any atom is 0.262 e. The highest BCUT2D eigenvalue weighted by molar-refractivity contribution is 8.15. The summed E-state index contributed by atoms with van der Waals surface area (Å²) in [5, 5.41) is 9.57. The summed E-state index contributed by atoms with van der Waals surface area (Å²) in [5.74, 6) is -0.522. The lowest BCUT2D eigenvalue weighted by Crippen LogP contribution is -2.25. The zero-order valence-corrected chi connectivity index (χ0v) is 21.3. The van der Waals surface area contributed by atoms with E-state index in [0.717, 1.165) is 22.6 Å². The van der Waals surface area contributed by atoms with Crippen LogP contribution in [0.25, 0.3) is 0 Å². The third kappa shape index (κ3) is 5.68. The Morgan fingerprint density at radius 3 is 2.62 bits per heavy atom. The van der Waals surface area contributed by atoms with E-state index in [0.29, 0.717) is 22.3 Å². The van der Waals surface area contributed by atoms with E-state index in [1.54, 1.807) is 18.2 Å². The van der Waals surface area contributed by atoms with Crippen molar-refractivity contribution in [2.75, 3.05) is 12.4 Å². The van der Waals surface area contributed by atoms with Crippen LogP contribution in [0.1, 0.15) is 30.0 Å². The minimum absolute atomic E-state index is 0.0954. The first-order valence-electron chi connectivity index (χ1n) is 11.5. The van der Waals surface area contributed by atoms with Gasteiger partial charge in [-0.25, -0.2) is 9.40 Å². The minimum Gasteiger partial charge on any atom is -0.497 e. The van der Waals surface area contributed by atoms with Crippen LogP contribution in [-0.4, -0.2) is 40.1 Å². The fourth-order valence-corrected chi connectivity index (χ4v) is 5.33. The number of hydrogen-bond donors (Lipinski definition) is 1. The summed E-state index contributed by atoms with van der Waals surface area (Å²) in [6.45, 7) is 0. The average molecular weight is 537 g/mol. The lowest BCUT2D eigenvalue weighted by Gasteiger charge is -2.23. The Morgan fingerprint density at radius 2 is 1.92 bits per heavy atom. The molecule has 3 aromatic rings. The summed E-state index contributed by atoms with van der Waals surface area (Å²) < 4.78 is 18.7. The normalized spacial score (nSPS) is 19.0. The van der Waals surface area contributed by atoms with Gasteiger partial charge in [0.1, 0.15) is 16.8 Å². The van der Waals surface area contributed by atoms with E-state index < -0.39 is 22.9 Å². The van der Waals surface area contributed by atoms with Gasteiger partial charge in [0.15, 0.2) is 5.17 Å². The van der Waals surface area contributed by atoms with Crippen molar-refractivity contribution in [3.05, 3.63) is 94.8 Å². The maximum absolute atomic E-state index is 13.4. The fourth-order valence-electron chi connectivity index (χ4n) is 4.14. The van der Waals surface area contributed by atoms with Crippen molar-refractivity contribution in [3.63, 3.8) is 0 Å². The highest BCUT2D eigenvalue weighted by Gasteiger charge is 2.39. The zero-order chi connectivity index (χ0) is 25.9. The Kier molecular flexibility index (Phi) is 7.25. The number of carbonyl (C=O) groups is 2. The molecule has 0 aliphatic carbocycles. The molecule has 0 unspecified atom stereocenters. The molecule has 0 spiro atoms. The van der Waals surface area contributed by atoms with Gasteiger partial charge in [-0.05, 0) is 53.6 Å². The van der Waals surface area contributed by atoms with E-state index in [1.807, 2.05) is 48.5 Å². The molecule has 3 aromatic carbocycles. The van der Waals surface area contributed by atoms with Gasteiger partial charge in [0.2, 0.25) is 5.91 Å². The van der Waals surface area contributed by atoms with Gasteiger partial charge < -0.3 is 10.1 Å². The lowest BCUT2D eigenvalue weighted by atomic mass is 9.98. The van der Waals surface area contributed by atoms with Gasteiger partial charge in [-0.3, -0.25) is 9.59 Å². The van der Waals surface area contributed by atoms with Crippen molar-refractivity contribution in [1.82, 2.24) is 5.01 Å². The number of carbonyl (C=O) groups excluding carboxylic acids is 2. The number of amidine groups is 1. The largest absolute Gasteiger partial charge is 0.497 e. The SMILES string of the molecule is COc1ccc([C@@H]2CC(c3ccc(Cl)cc3)=NN2C2=NC(=O)[C@H](CC(=O)Nc3cccc(F)c3)S2)cc1. The smallest absolute Gasteiger partial charge is 0.262 e. The van der Waals surface area contributed by atoms with Crippen molar-refractivity contribution in [2.45, 2.75) is 24.1 Å². The predicted molar refractivity (Wildman–Crippen MR) is 144 cm³/mol. The Labute approximate surface area is 222 Å². The van der Waals surface area contributed by atoms with Crippen LogP contribution in [0.5, 0.6) is 5.75 Å². The number of anilines is 1. The maximum atomic E-state index is 13.4. The van der Waals surface area contributed by atoms with Gasteiger partial charge in [-0.15, -0.1) is 0 Å². The Hall–Kier alpha value is -3.69. The summed E-state index contributed by atoms with van der Waals surface area (Å²) in [4.78, 5) is 29.5. The molecule has 2 aliphatic rings. The van der Waals surface area contributed by atoms with E-state index in [2.05, 4.69) is 10.3 Å². The first-order valence-corrected chi connectivity index (χ1v) is 12.8. The third-order valence-electron chi connectivity index (χ3n) is 5.99. The summed E-state index contributed by atoms with van der Waals surface area (Å²) in [6.07, 6.45) is 0.494. The number of nitrogens with one attached hydrogen (secondary N) is 1. The van der Waals surface area contributed by atoms with E-state index in [9.17, 15) is 14.0 Å². The van der Waals surface area contributed by atoms with Crippen LogP contribution >= 0.6 is 23.4 Å². The van der Waals surface area contributed by atoms with Crippen LogP contribution in [0.4, 0.5) is 10.1 Å². The van der Waals surface area contributed by atoms with Crippen LogP contribution in [0.3, 0.4) is 0 Å². The molecule has 2 atom stereocenters. The predicted octanol–water partition coefficient (Wildman–Crippen LogP) is 5.67. The number of hydrogen-bond acceptors (Lipinski definition) is 6. The number of amides is 2. The second-order valence-corrected chi connectivity index (χ2v) is 10.1. The molecule has 5 rings (SSSR count). The van der Waals surface area contributed by atoms with Crippen LogP contribution in [-0.2, 0) is 9.59 Å². The van der Waals surface area contributed by atoms with Gasteiger partial charge in [0, 0.05) is 23.6 Å². The van der Waals surface area contributed by atoms with Gasteiger partial charge in [0.05, 0.1) is 18.9 Å². The third-order valence-corrected chi connectivity index (χ3v) is 7.39. The number of rotatable bonds is 6. The van der Waals surface area contributed by atoms with E-state index in [-0.39, 0.29) is 12.5 Å². The van der Waals surface area contributed by atoms with Crippen molar-refractivity contribution in [3.8, 4) is 5.75 Å². The van der Waals surface area contributed by atoms with E-state index in [1.165, 1.54) is 30.0 Å². The molecule has 10 heteroatoms. The number of halogens is 2. The second kappa shape index (κ2) is 10.7. The monoisotopic (exact) mass is 536 g/mol. The van der Waals surface area contributed by atoms with Crippen LogP contribution in [0.15, 0.2) is 82.9 Å². The Morgan fingerprint density at radius 1 is 1.16 bits per heavy atom. The highest BCUT2D eigenvalue weighted by Crippen LogP contribution is 2.39. The zero-order valence-electron chi connectivity index (χ0n) is 19.7. The number of hydrazone groups is 1. The summed E-state index contributed by atoms with van der Waals surface area (Å²) in [5.41, 5.74) is 3.07. The number of ether oxygens (including phenoxy) is 1. The molecule has 0 radical (unpaired) electrons. The van der Waals surface area contributed by atoms with Gasteiger partial charge >= 0.3 is 0 Å². The molecule has 2 aliphatic heterocycles. The van der Waals surface area contributed by atoms with E-state index >= 15 is 0 Å².